The first-order valence-electron chi connectivity index (χ1n) is 7.55. The van der Waals surface area contributed by atoms with Crippen LogP contribution in [0.25, 0.3) is 0 Å². The van der Waals surface area contributed by atoms with E-state index in [2.05, 4.69) is 28.2 Å². The number of aromatic nitrogens is 2. The summed E-state index contributed by atoms with van der Waals surface area (Å²) >= 11 is 3.61. The van der Waals surface area contributed by atoms with Crippen LogP contribution < -0.4 is 5.32 Å². The van der Waals surface area contributed by atoms with Gasteiger partial charge in [0, 0.05) is 13.7 Å². The molecule has 0 atom stereocenters. The summed E-state index contributed by atoms with van der Waals surface area (Å²) in [5, 5.41) is 3.16. The van der Waals surface area contributed by atoms with Gasteiger partial charge in [0.25, 0.3) is 0 Å². The van der Waals surface area contributed by atoms with Gasteiger partial charge in [-0.25, -0.2) is 9.97 Å². The molecule has 1 N–H and O–H groups in total. The molecular weight excluding hydrogens is 318 g/mol. The zero-order valence-corrected chi connectivity index (χ0v) is 14.2. The standard InChI is InChI=1S/C15H24BrN3O/c1-4-8-11-12(16)13(17-3)19-14(18-11)15(20-5-2)9-6-7-10-15/h4-10H2,1-3H3,(H,17,18,19). The van der Waals surface area contributed by atoms with Gasteiger partial charge in [-0.05, 0) is 55.0 Å². The molecule has 0 unspecified atom stereocenters. The molecule has 1 aliphatic carbocycles. The fourth-order valence-electron chi connectivity index (χ4n) is 2.92. The van der Waals surface area contributed by atoms with Crippen molar-refractivity contribution in [2.24, 2.45) is 0 Å². The fraction of sp³-hybridized carbons (Fsp3) is 0.733. The summed E-state index contributed by atoms with van der Waals surface area (Å²) in [6.45, 7) is 4.92. The van der Waals surface area contributed by atoms with Gasteiger partial charge >= 0.3 is 0 Å². The minimum Gasteiger partial charge on any atom is -0.372 e. The summed E-state index contributed by atoms with van der Waals surface area (Å²) in [6, 6.07) is 0. The highest BCUT2D eigenvalue weighted by Crippen LogP contribution is 2.41. The summed E-state index contributed by atoms with van der Waals surface area (Å²) in [5.41, 5.74) is 0.802. The molecule has 0 aromatic carbocycles. The van der Waals surface area contributed by atoms with E-state index >= 15 is 0 Å². The molecule has 1 fully saturated rings. The van der Waals surface area contributed by atoms with Crippen molar-refractivity contribution < 1.29 is 4.74 Å². The van der Waals surface area contributed by atoms with Crippen LogP contribution in [-0.4, -0.2) is 23.6 Å². The smallest absolute Gasteiger partial charge is 0.162 e. The number of hydrogen-bond donors (Lipinski definition) is 1. The zero-order valence-electron chi connectivity index (χ0n) is 12.6. The van der Waals surface area contributed by atoms with Crippen molar-refractivity contribution in [3.8, 4) is 0 Å². The van der Waals surface area contributed by atoms with Gasteiger partial charge in [-0.3, -0.25) is 0 Å². The molecular formula is C15H24BrN3O. The van der Waals surface area contributed by atoms with Crippen molar-refractivity contribution in [3.63, 3.8) is 0 Å². The quantitative estimate of drug-likeness (QED) is 0.848. The lowest BCUT2D eigenvalue weighted by Crippen LogP contribution is -2.30. The second kappa shape index (κ2) is 6.85. The van der Waals surface area contributed by atoms with Crippen molar-refractivity contribution in [2.75, 3.05) is 19.0 Å². The lowest BCUT2D eigenvalue weighted by Gasteiger charge is -2.28. The van der Waals surface area contributed by atoms with Crippen LogP contribution in [0.2, 0.25) is 0 Å². The molecule has 1 aromatic heterocycles. The van der Waals surface area contributed by atoms with E-state index in [0.29, 0.717) is 6.61 Å². The van der Waals surface area contributed by atoms with E-state index in [9.17, 15) is 0 Å². The molecule has 0 aliphatic heterocycles. The summed E-state index contributed by atoms with van der Waals surface area (Å²) in [4.78, 5) is 9.53. The minimum absolute atomic E-state index is 0.274. The number of hydrogen-bond acceptors (Lipinski definition) is 4. The number of rotatable bonds is 6. The molecule has 0 bridgehead atoms. The van der Waals surface area contributed by atoms with Gasteiger partial charge in [0.2, 0.25) is 0 Å². The van der Waals surface area contributed by atoms with Gasteiger partial charge in [0.05, 0.1) is 10.2 Å². The van der Waals surface area contributed by atoms with Crippen LogP contribution in [0.5, 0.6) is 0 Å². The molecule has 1 aromatic rings. The largest absolute Gasteiger partial charge is 0.372 e. The van der Waals surface area contributed by atoms with Crippen molar-refractivity contribution in [1.82, 2.24) is 9.97 Å². The Morgan fingerprint density at radius 2 is 1.95 bits per heavy atom. The maximum absolute atomic E-state index is 6.08. The molecule has 1 heterocycles. The Morgan fingerprint density at radius 3 is 2.50 bits per heavy atom. The molecule has 0 amide bonds. The molecule has 2 rings (SSSR count). The molecule has 0 radical (unpaired) electrons. The second-order valence-electron chi connectivity index (χ2n) is 5.29. The van der Waals surface area contributed by atoms with Gasteiger partial charge < -0.3 is 10.1 Å². The monoisotopic (exact) mass is 341 g/mol. The normalized spacial score (nSPS) is 17.4. The predicted octanol–water partition coefficient (Wildman–Crippen LogP) is 4.04. The average molecular weight is 342 g/mol. The molecule has 112 valence electrons. The van der Waals surface area contributed by atoms with Crippen LogP contribution >= 0.6 is 15.9 Å². The topological polar surface area (TPSA) is 47.0 Å². The highest BCUT2D eigenvalue weighted by molar-refractivity contribution is 9.10. The van der Waals surface area contributed by atoms with Crippen LogP contribution in [0.15, 0.2) is 4.47 Å². The van der Waals surface area contributed by atoms with Crippen molar-refractivity contribution >= 4 is 21.7 Å². The Kier molecular flexibility index (Phi) is 5.38. The molecule has 5 heteroatoms. The minimum atomic E-state index is -0.274. The molecule has 0 spiro atoms. The fourth-order valence-corrected chi connectivity index (χ4v) is 3.49. The molecule has 20 heavy (non-hydrogen) atoms. The third-order valence-corrected chi connectivity index (χ3v) is 4.72. The summed E-state index contributed by atoms with van der Waals surface area (Å²) in [5.74, 6) is 1.72. The van der Waals surface area contributed by atoms with E-state index in [1.54, 1.807) is 0 Å². The van der Waals surface area contributed by atoms with Crippen LogP contribution in [0.3, 0.4) is 0 Å². The molecule has 4 nitrogen and oxygen atoms in total. The van der Waals surface area contributed by atoms with Crippen molar-refractivity contribution in [2.45, 2.75) is 58.0 Å². The van der Waals surface area contributed by atoms with Crippen molar-refractivity contribution in [1.29, 1.82) is 0 Å². The number of halogens is 1. The van der Waals surface area contributed by atoms with Crippen LogP contribution in [-0.2, 0) is 16.8 Å². The first-order chi connectivity index (χ1) is 9.66. The lowest BCUT2D eigenvalue weighted by molar-refractivity contribution is -0.0457. The first-order valence-corrected chi connectivity index (χ1v) is 8.34. The average Bonchev–Trinajstić information content (AvgIpc) is 2.91. The Bertz CT molecular complexity index is 459. The third-order valence-electron chi connectivity index (χ3n) is 3.88. The van der Waals surface area contributed by atoms with E-state index < -0.39 is 0 Å². The highest BCUT2D eigenvalue weighted by atomic mass is 79.9. The van der Waals surface area contributed by atoms with Gasteiger partial charge in [-0.15, -0.1) is 0 Å². The summed E-state index contributed by atoms with van der Waals surface area (Å²) < 4.78 is 7.06. The maximum Gasteiger partial charge on any atom is 0.162 e. The van der Waals surface area contributed by atoms with Crippen molar-refractivity contribution in [3.05, 3.63) is 16.0 Å². The molecule has 0 saturated heterocycles. The number of ether oxygens (including phenoxy) is 1. The Balaban J connectivity index is 2.46. The van der Waals surface area contributed by atoms with Gasteiger partial charge in [0.1, 0.15) is 11.4 Å². The summed E-state index contributed by atoms with van der Waals surface area (Å²) in [7, 11) is 1.90. The van der Waals surface area contributed by atoms with Crippen LogP contribution in [0.1, 0.15) is 57.5 Å². The number of anilines is 1. The number of nitrogens with zero attached hydrogens (tertiary/aromatic N) is 2. The van der Waals surface area contributed by atoms with Crippen LogP contribution in [0.4, 0.5) is 5.82 Å². The van der Waals surface area contributed by atoms with Gasteiger partial charge in [-0.2, -0.15) is 0 Å². The second-order valence-corrected chi connectivity index (χ2v) is 6.08. The van der Waals surface area contributed by atoms with E-state index in [-0.39, 0.29) is 5.60 Å². The predicted molar refractivity (Wildman–Crippen MR) is 85.0 cm³/mol. The van der Waals surface area contributed by atoms with E-state index in [1.807, 2.05) is 14.0 Å². The Morgan fingerprint density at radius 1 is 1.25 bits per heavy atom. The van der Waals surface area contributed by atoms with Gasteiger partial charge in [-0.1, -0.05) is 13.3 Å². The first kappa shape index (κ1) is 15.7. The maximum atomic E-state index is 6.08. The Labute approximate surface area is 129 Å². The lowest BCUT2D eigenvalue weighted by atomic mass is 10.0. The number of aryl methyl sites for hydroxylation is 1. The van der Waals surface area contributed by atoms with E-state index in [1.165, 1.54) is 12.8 Å². The summed E-state index contributed by atoms with van der Waals surface area (Å²) in [6.07, 6.45) is 6.45. The zero-order chi connectivity index (χ0) is 14.6. The van der Waals surface area contributed by atoms with Gasteiger partial charge in [0.15, 0.2) is 5.82 Å². The van der Waals surface area contributed by atoms with Crippen LogP contribution in [0, 0.1) is 0 Å². The van der Waals surface area contributed by atoms with E-state index in [4.69, 9.17) is 14.7 Å². The number of nitrogens with one attached hydrogen (secondary N) is 1. The third kappa shape index (κ3) is 2.98. The Hall–Kier alpha value is -0.680. The SMILES string of the molecule is CCCc1nc(C2(OCC)CCCC2)nc(NC)c1Br. The molecule has 1 aliphatic rings. The highest BCUT2D eigenvalue weighted by Gasteiger charge is 2.40. The molecule has 1 saturated carbocycles. The van der Waals surface area contributed by atoms with E-state index in [0.717, 1.165) is 47.5 Å².